The summed E-state index contributed by atoms with van der Waals surface area (Å²) < 4.78 is 45.6. The molecule has 3 heterocycles. The van der Waals surface area contributed by atoms with Crippen molar-refractivity contribution in [3.05, 3.63) is 29.3 Å². The lowest BCUT2D eigenvalue weighted by atomic mass is 9.76. The summed E-state index contributed by atoms with van der Waals surface area (Å²) in [5.41, 5.74) is -3.69. The minimum absolute atomic E-state index is 0.213. The predicted molar refractivity (Wildman–Crippen MR) is 86.6 cm³/mol. The molecule has 2 saturated heterocycles. The van der Waals surface area contributed by atoms with E-state index in [-0.39, 0.29) is 5.69 Å². The van der Waals surface area contributed by atoms with E-state index in [0.717, 1.165) is 11.0 Å². The van der Waals surface area contributed by atoms with E-state index in [2.05, 4.69) is 4.99 Å². The maximum Gasteiger partial charge on any atom is 0.417 e. The first-order valence-corrected chi connectivity index (χ1v) is 8.20. The number of alkyl halides is 3. The Labute approximate surface area is 152 Å². The Morgan fingerprint density at radius 1 is 1.22 bits per heavy atom. The van der Waals surface area contributed by atoms with Gasteiger partial charge in [0.15, 0.2) is 5.72 Å². The molecule has 4 unspecified atom stereocenters. The number of nitriles is 1. The number of aliphatic imine (C=N–C) groups is 1. The number of rotatable bonds is 1. The highest BCUT2D eigenvalue weighted by Gasteiger charge is 2.73. The number of fused-ring (bicyclic) bond motifs is 5. The molecule has 0 saturated carbocycles. The van der Waals surface area contributed by atoms with E-state index >= 15 is 0 Å². The fraction of sp³-hybridized carbons (Fsp3) is 0.444. The van der Waals surface area contributed by atoms with Gasteiger partial charge in [-0.15, -0.1) is 0 Å². The van der Waals surface area contributed by atoms with Crippen LogP contribution in [0.3, 0.4) is 0 Å². The number of carbonyl (C=O) groups excluding carboxylic acids is 2. The molecule has 9 heteroatoms. The van der Waals surface area contributed by atoms with E-state index in [9.17, 15) is 22.8 Å². The fourth-order valence-electron chi connectivity index (χ4n) is 4.41. The lowest BCUT2D eigenvalue weighted by molar-refractivity contribution is -0.138. The minimum atomic E-state index is -4.79. The van der Waals surface area contributed by atoms with Gasteiger partial charge in [-0.05, 0) is 39.0 Å². The van der Waals surface area contributed by atoms with Gasteiger partial charge in [-0.3, -0.25) is 14.6 Å². The normalized spacial score (nSPS) is 34.7. The average molecular weight is 377 g/mol. The highest BCUT2D eigenvalue weighted by atomic mass is 19.4. The first kappa shape index (κ1) is 17.7. The van der Waals surface area contributed by atoms with Crippen LogP contribution in [0.4, 0.5) is 18.9 Å². The molecule has 0 aliphatic carbocycles. The fourth-order valence-corrected chi connectivity index (χ4v) is 4.41. The van der Waals surface area contributed by atoms with Crippen molar-refractivity contribution in [2.24, 2.45) is 16.8 Å². The van der Waals surface area contributed by atoms with Crippen LogP contribution in [-0.4, -0.2) is 28.9 Å². The Morgan fingerprint density at radius 2 is 1.85 bits per heavy atom. The number of imide groups is 1. The predicted octanol–water partition coefficient (Wildman–Crippen LogP) is 2.66. The van der Waals surface area contributed by atoms with Crippen LogP contribution in [0.5, 0.6) is 0 Å². The molecule has 3 aliphatic rings. The van der Waals surface area contributed by atoms with Crippen LogP contribution in [0.25, 0.3) is 0 Å². The number of hydrogen-bond donors (Lipinski definition) is 0. The van der Waals surface area contributed by atoms with Crippen LogP contribution in [0.15, 0.2) is 23.2 Å². The number of halogens is 3. The summed E-state index contributed by atoms with van der Waals surface area (Å²) in [7, 11) is 0. The first-order chi connectivity index (χ1) is 12.4. The summed E-state index contributed by atoms with van der Waals surface area (Å²) >= 11 is 0. The van der Waals surface area contributed by atoms with E-state index < -0.39 is 52.3 Å². The van der Waals surface area contributed by atoms with Crippen molar-refractivity contribution in [2.45, 2.75) is 38.3 Å². The number of nitrogens with zero attached hydrogens (tertiary/aromatic N) is 3. The number of ether oxygens (including phenoxy) is 1. The number of anilines is 1. The van der Waals surface area contributed by atoms with Gasteiger partial charge >= 0.3 is 6.18 Å². The van der Waals surface area contributed by atoms with Crippen LogP contribution in [0.2, 0.25) is 0 Å². The van der Waals surface area contributed by atoms with Crippen LogP contribution in [0, 0.1) is 23.2 Å². The van der Waals surface area contributed by atoms with E-state index in [1.54, 1.807) is 20.8 Å². The molecule has 2 fully saturated rings. The molecule has 0 N–H and O–H groups in total. The van der Waals surface area contributed by atoms with Gasteiger partial charge in [-0.2, -0.15) is 18.4 Å². The third-order valence-electron chi connectivity index (χ3n) is 5.69. The second-order valence-electron chi connectivity index (χ2n) is 7.27. The van der Waals surface area contributed by atoms with Crippen molar-refractivity contribution in [3.8, 4) is 6.07 Å². The Hall–Kier alpha value is -2.73. The average Bonchev–Trinajstić information content (AvgIpc) is 3.07. The molecule has 0 spiro atoms. The van der Waals surface area contributed by atoms with Crippen molar-refractivity contribution >= 4 is 23.2 Å². The number of benzene rings is 1. The van der Waals surface area contributed by atoms with Gasteiger partial charge in [0.1, 0.15) is 11.5 Å². The molecule has 0 aromatic heterocycles. The quantitative estimate of drug-likeness (QED) is 0.705. The second-order valence-corrected chi connectivity index (χ2v) is 7.27. The Bertz CT molecular complexity index is 980. The topological polar surface area (TPSA) is 82.8 Å². The molecule has 140 valence electrons. The van der Waals surface area contributed by atoms with Gasteiger partial charge in [0.25, 0.3) is 0 Å². The second kappa shape index (κ2) is 4.95. The highest BCUT2D eigenvalue weighted by Crippen LogP contribution is 2.57. The summed E-state index contributed by atoms with van der Waals surface area (Å²) in [4.78, 5) is 31.1. The van der Waals surface area contributed by atoms with E-state index in [4.69, 9.17) is 10.00 Å². The molecule has 27 heavy (non-hydrogen) atoms. The molecule has 3 aliphatic heterocycles. The summed E-state index contributed by atoms with van der Waals surface area (Å²) in [6, 6.07) is 4.27. The highest BCUT2D eigenvalue weighted by molar-refractivity contribution is 6.25. The van der Waals surface area contributed by atoms with Crippen molar-refractivity contribution in [1.29, 1.82) is 5.26 Å². The van der Waals surface area contributed by atoms with Crippen molar-refractivity contribution in [2.75, 3.05) is 4.90 Å². The maximum absolute atomic E-state index is 13.3. The lowest BCUT2D eigenvalue weighted by Gasteiger charge is -2.26. The van der Waals surface area contributed by atoms with Gasteiger partial charge in [0, 0.05) is 5.71 Å². The number of hydrogen-bond acceptors (Lipinski definition) is 5. The molecule has 1 aromatic rings. The molecule has 2 bridgehead atoms. The third-order valence-corrected chi connectivity index (χ3v) is 5.69. The molecule has 4 rings (SSSR count). The standard InChI is InChI=1S/C18H14F3N3O3/c1-8-16(2)12-13(17(3,23-8)27-16)15(26)24(14(12)25)10-5-4-9(7-22)11(6-10)18(19,20)21/h4-6,12-13H,1-3H3. The lowest BCUT2D eigenvalue weighted by Crippen LogP contribution is -2.44. The zero-order valence-electron chi connectivity index (χ0n) is 14.6. The van der Waals surface area contributed by atoms with Gasteiger partial charge in [0.2, 0.25) is 11.8 Å². The van der Waals surface area contributed by atoms with Crippen LogP contribution >= 0.6 is 0 Å². The molecule has 6 nitrogen and oxygen atoms in total. The summed E-state index contributed by atoms with van der Waals surface area (Å²) in [6.07, 6.45) is -4.79. The zero-order valence-corrected chi connectivity index (χ0v) is 14.6. The maximum atomic E-state index is 13.3. The van der Waals surface area contributed by atoms with Crippen LogP contribution in [0.1, 0.15) is 31.9 Å². The summed E-state index contributed by atoms with van der Waals surface area (Å²) in [5.74, 6) is -3.02. The Balaban J connectivity index is 1.82. The smallest absolute Gasteiger partial charge is 0.340 e. The van der Waals surface area contributed by atoms with Gasteiger partial charge in [0.05, 0.1) is 28.8 Å². The summed E-state index contributed by atoms with van der Waals surface area (Å²) in [5, 5.41) is 8.92. The monoisotopic (exact) mass is 377 g/mol. The third kappa shape index (κ3) is 2.07. The molecule has 0 radical (unpaired) electrons. The minimum Gasteiger partial charge on any atom is -0.340 e. The van der Waals surface area contributed by atoms with Crippen molar-refractivity contribution < 1.29 is 27.5 Å². The van der Waals surface area contributed by atoms with E-state index in [1.807, 2.05) is 0 Å². The van der Waals surface area contributed by atoms with Crippen molar-refractivity contribution in [1.82, 2.24) is 0 Å². The van der Waals surface area contributed by atoms with E-state index in [1.165, 1.54) is 12.1 Å². The molecule has 1 aromatic carbocycles. The Morgan fingerprint density at radius 3 is 2.44 bits per heavy atom. The molecule has 2 amide bonds. The van der Waals surface area contributed by atoms with Crippen molar-refractivity contribution in [3.63, 3.8) is 0 Å². The SMILES string of the molecule is CC1=NC2(C)OC1(C)C1C(=O)N(c3ccc(C#N)c(C(F)(F)F)c3)C(=O)C12. The first-order valence-electron chi connectivity index (χ1n) is 8.20. The molecular formula is C18H14F3N3O3. The van der Waals surface area contributed by atoms with Gasteiger partial charge in [-0.1, -0.05) is 0 Å². The van der Waals surface area contributed by atoms with Crippen LogP contribution in [-0.2, 0) is 20.5 Å². The molecular weight excluding hydrogens is 363 g/mol. The van der Waals surface area contributed by atoms with Gasteiger partial charge in [-0.25, -0.2) is 4.90 Å². The van der Waals surface area contributed by atoms with Gasteiger partial charge < -0.3 is 4.74 Å². The van der Waals surface area contributed by atoms with Crippen LogP contribution < -0.4 is 4.90 Å². The summed E-state index contributed by atoms with van der Waals surface area (Å²) in [6.45, 7) is 4.96. The largest absolute Gasteiger partial charge is 0.417 e. The number of amides is 2. The zero-order chi connectivity index (χ0) is 19.9. The van der Waals surface area contributed by atoms with E-state index in [0.29, 0.717) is 11.8 Å². The Kier molecular flexibility index (Phi) is 3.24. The molecule has 4 atom stereocenters. The number of carbonyl (C=O) groups is 2.